The molecule has 0 nitrogen and oxygen atoms in total. The summed E-state index contributed by atoms with van der Waals surface area (Å²) in [7, 11) is 0. The van der Waals surface area contributed by atoms with Crippen LogP contribution in [0.25, 0.3) is 0 Å². The van der Waals surface area contributed by atoms with Gasteiger partial charge in [-0.1, -0.05) is 64.7 Å². The Kier molecular flexibility index (Phi) is 3.29. The lowest BCUT2D eigenvalue weighted by atomic mass is 9.97. The molecule has 0 bridgehead atoms. The smallest absolute Gasteiger partial charge is 0.0414 e. The molecule has 13 heavy (non-hydrogen) atoms. The van der Waals surface area contributed by atoms with Crippen LogP contribution in [-0.4, -0.2) is 0 Å². The molecule has 1 unspecified atom stereocenters. The highest BCUT2D eigenvalue weighted by molar-refractivity contribution is 4.75. The summed E-state index contributed by atoms with van der Waals surface area (Å²) >= 11 is 0. The average molecular weight is 180 g/mol. The number of hydrogen-bond donors (Lipinski definition) is 0. The van der Waals surface area contributed by atoms with Crippen molar-refractivity contribution in [1.82, 2.24) is 0 Å². The maximum Gasteiger partial charge on any atom is -0.0414 e. The van der Waals surface area contributed by atoms with Crippen LogP contribution in [0.1, 0.15) is 64.7 Å². The van der Waals surface area contributed by atoms with Crippen molar-refractivity contribution in [3.8, 4) is 0 Å². The second-order valence-corrected chi connectivity index (χ2v) is 5.50. The Bertz CT molecular complexity index is 142. The highest BCUT2D eigenvalue weighted by atomic mass is 14.3. The zero-order valence-electron chi connectivity index (χ0n) is 9.10. The van der Waals surface area contributed by atoms with E-state index in [9.17, 15) is 0 Å². The molecule has 1 atom stereocenters. The molecule has 0 amide bonds. The Balaban J connectivity index is 1.42. The Hall–Kier alpha value is 0. The van der Waals surface area contributed by atoms with Gasteiger partial charge in [0.2, 0.25) is 0 Å². The summed E-state index contributed by atoms with van der Waals surface area (Å²) in [6, 6.07) is 0. The Morgan fingerprint density at radius 2 is 1.54 bits per heavy atom. The van der Waals surface area contributed by atoms with Crippen LogP contribution in [0, 0.1) is 17.8 Å². The van der Waals surface area contributed by atoms with Crippen molar-refractivity contribution in [2.24, 2.45) is 17.8 Å². The Morgan fingerprint density at radius 1 is 0.923 bits per heavy atom. The summed E-state index contributed by atoms with van der Waals surface area (Å²) in [6.45, 7) is 2.45. The fourth-order valence-corrected chi connectivity index (χ4v) is 2.23. The quantitative estimate of drug-likeness (QED) is 0.545. The summed E-state index contributed by atoms with van der Waals surface area (Å²) in [5.41, 5.74) is 0. The summed E-state index contributed by atoms with van der Waals surface area (Å²) in [5, 5.41) is 0. The minimum Gasteiger partial charge on any atom is -0.0625 e. The fourth-order valence-electron chi connectivity index (χ4n) is 2.23. The summed E-state index contributed by atoms with van der Waals surface area (Å²) in [4.78, 5) is 0. The first-order valence-corrected chi connectivity index (χ1v) is 6.34. The van der Waals surface area contributed by atoms with E-state index in [4.69, 9.17) is 0 Å². The SMILES string of the molecule is CC(CCCC1CC1)CCC1CC1. The molecule has 2 aliphatic carbocycles. The minimum absolute atomic E-state index is 1.01. The largest absolute Gasteiger partial charge is 0.0625 e. The van der Waals surface area contributed by atoms with Crippen LogP contribution >= 0.6 is 0 Å². The highest BCUT2D eigenvalue weighted by Crippen LogP contribution is 2.36. The van der Waals surface area contributed by atoms with Crippen LogP contribution in [0.15, 0.2) is 0 Å². The molecule has 0 aromatic rings. The maximum absolute atomic E-state index is 2.45. The zero-order chi connectivity index (χ0) is 9.10. The van der Waals surface area contributed by atoms with Crippen molar-refractivity contribution >= 4 is 0 Å². The van der Waals surface area contributed by atoms with E-state index in [2.05, 4.69) is 6.92 Å². The van der Waals surface area contributed by atoms with E-state index in [-0.39, 0.29) is 0 Å². The lowest BCUT2D eigenvalue weighted by Crippen LogP contribution is -1.95. The van der Waals surface area contributed by atoms with Gasteiger partial charge in [-0.2, -0.15) is 0 Å². The lowest BCUT2D eigenvalue weighted by Gasteiger charge is -2.09. The standard InChI is InChI=1S/C13H24/c1-11(5-6-13-9-10-13)3-2-4-12-7-8-12/h11-13H,2-10H2,1H3. The molecule has 0 aliphatic heterocycles. The van der Waals surface area contributed by atoms with Gasteiger partial charge < -0.3 is 0 Å². The van der Waals surface area contributed by atoms with Gasteiger partial charge in [-0.3, -0.25) is 0 Å². The third kappa shape index (κ3) is 4.15. The first-order valence-electron chi connectivity index (χ1n) is 6.34. The Morgan fingerprint density at radius 3 is 2.15 bits per heavy atom. The molecule has 0 N–H and O–H groups in total. The van der Waals surface area contributed by atoms with Gasteiger partial charge in [-0.15, -0.1) is 0 Å². The third-order valence-corrected chi connectivity index (χ3v) is 3.77. The van der Waals surface area contributed by atoms with Crippen LogP contribution < -0.4 is 0 Å². The van der Waals surface area contributed by atoms with Gasteiger partial charge in [-0.05, 0) is 17.8 Å². The van der Waals surface area contributed by atoms with Gasteiger partial charge in [0.15, 0.2) is 0 Å². The van der Waals surface area contributed by atoms with Crippen LogP contribution in [0.4, 0.5) is 0 Å². The van der Waals surface area contributed by atoms with Gasteiger partial charge in [0.05, 0.1) is 0 Å². The van der Waals surface area contributed by atoms with E-state index in [0.717, 1.165) is 17.8 Å². The molecule has 0 heteroatoms. The molecule has 0 aromatic carbocycles. The molecule has 0 radical (unpaired) electrons. The van der Waals surface area contributed by atoms with Gasteiger partial charge >= 0.3 is 0 Å². The molecule has 2 aliphatic rings. The topological polar surface area (TPSA) is 0 Å². The van der Waals surface area contributed by atoms with Crippen LogP contribution in [-0.2, 0) is 0 Å². The second kappa shape index (κ2) is 4.48. The third-order valence-electron chi connectivity index (χ3n) is 3.77. The first-order chi connectivity index (χ1) is 6.34. The summed E-state index contributed by atoms with van der Waals surface area (Å²) in [5.74, 6) is 3.31. The van der Waals surface area contributed by atoms with E-state index in [1.165, 1.54) is 57.8 Å². The van der Waals surface area contributed by atoms with Crippen LogP contribution in [0.2, 0.25) is 0 Å². The number of hydrogen-bond acceptors (Lipinski definition) is 0. The van der Waals surface area contributed by atoms with Crippen molar-refractivity contribution in [1.29, 1.82) is 0 Å². The van der Waals surface area contributed by atoms with Gasteiger partial charge in [-0.25, -0.2) is 0 Å². The van der Waals surface area contributed by atoms with E-state index >= 15 is 0 Å². The van der Waals surface area contributed by atoms with Crippen molar-refractivity contribution < 1.29 is 0 Å². The molecule has 0 spiro atoms. The van der Waals surface area contributed by atoms with Crippen molar-refractivity contribution in [2.75, 3.05) is 0 Å². The molecule has 0 aromatic heterocycles. The average Bonchev–Trinajstić information content (AvgIpc) is 2.97. The zero-order valence-corrected chi connectivity index (χ0v) is 9.10. The van der Waals surface area contributed by atoms with Gasteiger partial charge in [0, 0.05) is 0 Å². The maximum atomic E-state index is 2.45. The van der Waals surface area contributed by atoms with Crippen molar-refractivity contribution in [2.45, 2.75) is 64.7 Å². The van der Waals surface area contributed by atoms with E-state index in [0.29, 0.717) is 0 Å². The monoisotopic (exact) mass is 180 g/mol. The predicted octanol–water partition coefficient (Wildman–Crippen LogP) is 4.39. The van der Waals surface area contributed by atoms with E-state index in [1.54, 1.807) is 0 Å². The molecule has 2 fully saturated rings. The van der Waals surface area contributed by atoms with Crippen molar-refractivity contribution in [3.63, 3.8) is 0 Å². The van der Waals surface area contributed by atoms with E-state index < -0.39 is 0 Å². The summed E-state index contributed by atoms with van der Waals surface area (Å²) in [6.07, 6.45) is 13.7. The highest BCUT2D eigenvalue weighted by Gasteiger charge is 2.22. The van der Waals surface area contributed by atoms with Crippen molar-refractivity contribution in [3.05, 3.63) is 0 Å². The summed E-state index contributed by atoms with van der Waals surface area (Å²) < 4.78 is 0. The fraction of sp³-hybridized carbons (Fsp3) is 1.00. The van der Waals surface area contributed by atoms with Gasteiger partial charge in [0.25, 0.3) is 0 Å². The van der Waals surface area contributed by atoms with E-state index in [1.807, 2.05) is 0 Å². The lowest BCUT2D eigenvalue weighted by molar-refractivity contribution is 0.433. The number of rotatable bonds is 7. The first kappa shape index (κ1) is 9.55. The molecule has 2 rings (SSSR count). The molecular weight excluding hydrogens is 156 g/mol. The van der Waals surface area contributed by atoms with Crippen LogP contribution in [0.3, 0.4) is 0 Å². The Labute approximate surface area is 83.1 Å². The van der Waals surface area contributed by atoms with Gasteiger partial charge in [0.1, 0.15) is 0 Å². The molecule has 2 saturated carbocycles. The molecule has 76 valence electrons. The minimum atomic E-state index is 1.01. The molecular formula is C13H24. The van der Waals surface area contributed by atoms with Crippen LogP contribution in [0.5, 0.6) is 0 Å². The molecule has 0 heterocycles. The second-order valence-electron chi connectivity index (χ2n) is 5.50. The predicted molar refractivity (Wildman–Crippen MR) is 57.7 cm³/mol. The normalized spacial score (nSPS) is 24.7. The molecule has 0 saturated heterocycles.